The predicted octanol–water partition coefficient (Wildman–Crippen LogP) is 3.89. The quantitative estimate of drug-likeness (QED) is 0.887. The van der Waals surface area contributed by atoms with Gasteiger partial charge >= 0.3 is 0 Å². The summed E-state index contributed by atoms with van der Waals surface area (Å²) >= 11 is 2.00. The van der Waals surface area contributed by atoms with E-state index in [1.54, 1.807) is 4.88 Å². The SMILES string of the molecule is CNC1(c2nc3c(s2)CCCC3)CCC(C)CC1C. The summed E-state index contributed by atoms with van der Waals surface area (Å²) in [6, 6.07) is 0. The van der Waals surface area contributed by atoms with Crippen molar-refractivity contribution < 1.29 is 0 Å². The molecule has 3 rings (SSSR count). The fraction of sp³-hybridized carbons (Fsp3) is 0.812. The van der Waals surface area contributed by atoms with Crippen LogP contribution in [0.25, 0.3) is 0 Å². The van der Waals surface area contributed by atoms with Gasteiger partial charge in [-0.2, -0.15) is 0 Å². The third-order valence-electron chi connectivity index (χ3n) is 5.30. The summed E-state index contributed by atoms with van der Waals surface area (Å²) in [6.07, 6.45) is 9.05. The number of aromatic nitrogens is 1. The number of fused-ring (bicyclic) bond motifs is 1. The van der Waals surface area contributed by atoms with E-state index in [0.717, 1.165) is 5.92 Å². The molecular weight excluding hydrogens is 252 g/mol. The van der Waals surface area contributed by atoms with E-state index in [1.807, 2.05) is 11.3 Å². The molecule has 0 aliphatic heterocycles. The third kappa shape index (κ3) is 2.25. The van der Waals surface area contributed by atoms with Crippen molar-refractivity contribution in [2.24, 2.45) is 11.8 Å². The van der Waals surface area contributed by atoms with Gasteiger partial charge in [0.05, 0.1) is 11.2 Å². The molecule has 19 heavy (non-hydrogen) atoms. The molecule has 106 valence electrons. The molecule has 0 spiro atoms. The van der Waals surface area contributed by atoms with Crippen molar-refractivity contribution >= 4 is 11.3 Å². The molecule has 0 aromatic carbocycles. The van der Waals surface area contributed by atoms with Crippen LogP contribution >= 0.6 is 11.3 Å². The van der Waals surface area contributed by atoms with Crippen LogP contribution in [0, 0.1) is 11.8 Å². The Hall–Kier alpha value is -0.410. The van der Waals surface area contributed by atoms with E-state index in [9.17, 15) is 0 Å². The van der Waals surface area contributed by atoms with Crippen molar-refractivity contribution in [3.05, 3.63) is 15.6 Å². The van der Waals surface area contributed by atoms with Gasteiger partial charge < -0.3 is 5.32 Å². The van der Waals surface area contributed by atoms with Crippen LogP contribution in [0.4, 0.5) is 0 Å². The second kappa shape index (κ2) is 5.17. The van der Waals surface area contributed by atoms with Gasteiger partial charge in [0.15, 0.2) is 0 Å². The van der Waals surface area contributed by atoms with Crippen LogP contribution in [0.5, 0.6) is 0 Å². The standard InChI is InChI=1S/C16H26N2S/c1-11-8-9-16(17-3,12(2)10-11)15-18-13-6-4-5-7-14(13)19-15/h11-12,17H,4-10H2,1-3H3. The van der Waals surface area contributed by atoms with E-state index >= 15 is 0 Å². The van der Waals surface area contributed by atoms with Gasteiger partial charge in [0, 0.05) is 4.88 Å². The van der Waals surface area contributed by atoms with Crippen LogP contribution in [-0.2, 0) is 18.4 Å². The largest absolute Gasteiger partial charge is 0.308 e. The Bertz CT molecular complexity index is 430. The topological polar surface area (TPSA) is 24.9 Å². The smallest absolute Gasteiger partial charge is 0.114 e. The van der Waals surface area contributed by atoms with Crippen LogP contribution in [0.3, 0.4) is 0 Å². The van der Waals surface area contributed by atoms with E-state index < -0.39 is 0 Å². The lowest BCUT2D eigenvalue weighted by Gasteiger charge is -2.43. The van der Waals surface area contributed by atoms with Gasteiger partial charge in [-0.3, -0.25) is 0 Å². The molecule has 1 saturated carbocycles. The summed E-state index contributed by atoms with van der Waals surface area (Å²) in [5, 5.41) is 5.04. The minimum atomic E-state index is 0.147. The van der Waals surface area contributed by atoms with Gasteiger partial charge in [-0.05, 0) is 63.8 Å². The van der Waals surface area contributed by atoms with Gasteiger partial charge in [-0.1, -0.05) is 13.8 Å². The number of hydrogen-bond acceptors (Lipinski definition) is 3. The van der Waals surface area contributed by atoms with Gasteiger partial charge in [0.2, 0.25) is 0 Å². The zero-order chi connectivity index (χ0) is 13.5. The molecule has 1 heterocycles. The highest BCUT2D eigenvalue weighted by molar-refractivity contribution is 7.11. The summed E-state index contributed by atoms with van der Waals surface area (Å²) < 4.78 is 0. The molecule has 1 aromatic heterocycles. The molecule has 1 aromatic rings. The van der Waals surface area contributed by atoms with Crippen LogP contribution < -0.4 is 5.32 Å². The summed E-state index contributed by atoms with van der Waals surface area (Å²) in [7, 11) is 2.13. The van der Waals surface area contributed by atoms with E-state index in [0.29, 0.717) is 5.92 Å². The zero-order valence-corrected chi connectivity index (χ0v) is 13.3. The van der Waals surface area contributed by atoms with Crippen molar-refractivity contribution in [3.8, 4) is 0 Å². The molecule has 1 fully saturated rings. The second-order valence-corrected chi connectivity index (χ2v) is 7.68. The first-order chi connectivity index (χ1) is 9.15. The van der Waals surface area contributed by atoms with E-state index in [-0.39, 0.29) is 5.54 Å². The van der Waals surface area contributed by atoms with E-state index in [2.05, 4.69) is 26.2 Å². The highest BCUT2D eigenvalue weighted by atomic mass is 32.1. The minimum Gasteiger partial charge on any atom is -0.308 e. The molecule has 2 aliphatic rings. The summed E-state index contributed by atoms with van der Waals surface area (Å²) in [5.41, 5.74) is 1.56. The Balaban J connectivity index is 1.95. The molecule has 0 saturated heterocycles. The van der Waals surface area contributed by atoms with Crippen molar-refractivity contribution in [3.63, 3.8) is 0 Å². The Morgan fingerprint density at radius 1 is 1.26 bits per heavy atom. The van der Waals surface area contributed by atoms with Gasteiger partial charge in [-0.25, -0.2) is 4.98 Å². The van der Waals surface area contributed by atoms with Crippen molar-refractivity contribution in [1.29, 1.82) is 0 Å². The summed E-state index contributed by atoms with van der Waals surface area (Å²) in [5.74, 6) is 1.56. The first kappa shape index (κ1) is 13.6. The number of rotatable bonds is 2. The fourth-order valence-corrected chi connectivity index (χ4v) is 5.47. The molecule has 2 aliphatic carbocycles. The average Bonchev–Trinajstić information content (AvgIpc) is 2.83. The minimum absolute atomic E-state index is 0.147. The predicted molar refractivity (Wildman–Crippen MR) is 81.7 cm³/mol. The van der Waals surface area contributed by atoms with Gasteiger partial charge in [0.1, 0.15) is 5.01 Å². The molecule has 2 nitrogen and oxygen atoms in total. The second-order valence-electron chi connectivity index (χ2n) is 6.60. The summed E-state index contributed by atoms with van der Waals surface area (Å²) in [4.78, 5) is 6.62. The molecular formula is C16H26N2S. The van der Waals surface area contributed by atoms with Crippen LogP contribution in [-0.4, -0.2) is 12.0 Å². The van der Waals surface area contributed by atoms with Gasteiger partial charge in [0.25, 0.3) is 0 Å². The number of hydrogen-bond donors (Lipinski definition) is 1. The van der Waals surface area contributed by atoms with Gasteiger partial charge in [-0.15, -0.1) is 11.3 Å². The normalized spacial score (nSPS) is 35.1. The maximum absolute atomic E-state index is 5.05. The molecule has 3 atom stereocenters. The first-order valence-corrected chi connectivity index (χ1v) is 8.65. The average molecular weight is 278 g/mol. The molecule has 3 heteroatoms. The highest BCUT2D eigenvalue weighted by Gasteiger charge is 2.43. The lowest BCUT2D eigenvalue weighted by molar-refractivity contribution is 0.130. The van der Waals surface area contributed by atoms with Crippen molar-refractivity contribution in [1.82, 2.24) is 10.3 Å². The Kier molecular flexibility index (Phi) is 3.69. The molecule has 0 radical (unpaired) electrons. The number of nitrogens with one attached hydrogen (secondary N) is 1. The van der Waals surface area contributed by atoms with Crippen LogP contribution in [0.2, 0.25) is 0 Å². The molecule has 0 bridgehead atoms. The van der Waals surface area contributed by atoms with Crippen molar-refractivity contribution in [2.75, 3.05) is 7.05 Å². The third-order valence-corrected chi connectivity index (χ3v) is 6.64. The Morgan fingerprint density at radius 2 is 2.05 bits per heavy atom. The molecule has 0 amide bonds. The highest BCUT2D eigenvalue weighted by Crippen LogP contribution is 2.45. The Labute approximate surface area is 121 Å². The zero-order valence-electron chi connectivity index (χ0n) is 12.5. The van der Waals surface area contributed by atoms with E-state index in [4.69, 9.17) is 4.98 Å². The van der Waals surface area contributed by atoms with Crippen LogP contribution in [0.1, 0.15) is 61.5 Å². The maximum atomic E-state index is 5.05. The molecule has 1 N–H and O–H groups in total. The number of nitrogens with zero attached hydrogens (tertiary/aromatic N) is 1. The first-order valence-electron chi connectivity index (χ1n) is 7.83. The fourth-order valence-electron chi connectivity index (χ4n) is 3.98. The monoisotopic (exact) mass is 278 g/mol. The molecule has 3 unspecified atom stereocenters. The van der Waals surface area contributed by atoms with Crippen LogP contribution in [0.15, 0.2) is 0 Å². The van der Waals surface area contributed by atoms with E-state index in [1.165, 1.54) is 55.6 Å². The number of aryl methyl sites for hydroxylation is 2. The lowest BCUT2D eigenvalue weighted by Crippen LogP contribution is -2.48. The Morgan fingerprint density at radius 3 is 2.74 bits per heavy atom. The maximum Gasteiger partial charge on any atom is 0.114 e. The van der Waals surface area contributed by atoms with Crippen molar-refractivity contribution in [2.45, 2.75) is 64.3 Å². The summed E-state index contributed by atoms with van der Waals surface area (Å²) in [6.45, 7) is 4.80. The number of thiazole rings is 1. The lowest BCUT2D eigenvalue weighted by atomic mass is 9.70.